The van der Waals surface area contributed by atoms with Crippen LogP contribution in [0.1, 0.15) is 20.2 Å². The number of nitrogens with zero attached hydrogens (tertiary/aromatic N) is 2. The Hall–Kier alpha value is -1.93. The Balaban J connectivity index is 2.10. The van der Waals surface area contributed by atoms with Crippen molar-refractivity contribution in [2.45, 2.75) is 9.92 Å². The fraction of sp³-hybridized carbons (Fsp3) is 0.0909. The molecule has 2 aromatic heterocycles. The Labute approximate surface area is 116 Å². The van der Waals surface area contributed by atoms with E-state index in [0.717, 1.165) is 16.2 Å². The summed E-state index contributed by atoms with van der Waals surface area (Å²) in [5, 5.41) is 21.3. The Morgan fingerprint density at radius 3 is 2.68 bits per heavy atom. The number of carbonyl (C=O) groups excluding carboxylic acids is 1. The van der Waals surface area contributed by atoms with Gasteiger partial charge < -0.3 is 10.4 Å². The van der Waals surface area contributed by atoms with Crippen molar-refractivity contribution in [1.82, 2.24) is 15.5 Å². The first-order valence-electron chi connectivity index (χ1n) is 5.15. The third-order valence-corrected chi connectivity index (χ3v) is 4.07. The van der Waals surface area contributed by atoms with Crippen LogP contribution >= 0.6 is 23.1 Å². The molecule has 0 aromatic carbocycles. The number of carboxylic acid groups (broad SMARTS) is 1. The van der Waals surface area contributed by atoms with E-state index in [0.29, 0.717) is 5.03 Å². The standard InChI is InChI=1S/C11H9N3O3S2/c1-12-10(15)7-2-3-9(14-13-7)19-6-4-8(11(16)17)18-5-6/h2-5H,1H3,(H,12,15)(H,16,17). The molecule has 0 fully saturated rings. The number of carboxylic acids is 1. The minimum Gasteiger partial charge on any atom is -0.477 e. The van der Waals surface area contributed by atoms with Gasteiger partial charge in [0, 0.05) is 17.3 Å². The lowest BCUT2D eigenvalue weighted by Gasteiger charge is -1.99. The number of thiophene rings is 1. The molecule has 0 bridgehead atoms. The average Bonchev–Trinajstić information content (AvgIpc) is 2.87. The van der Waals surface area contributed by atoms with Crippen LogP contribution in [0.3, 0.4) is 0 Å². The molecule has 0 atom stereocenters. The van der Waals surface area contributed by atoms with Gasteiger partial charge in [0.1, 0.15) is 9.90 Å². The van der Waals surface area contributed by atoms with E-state index in [1.54, 1.807) is 23.6 Å². The number of aromatic nitrogens is 2. The third-order valence-electron chi connectivity index (χ3n) is 2.11. The molecule has 0 aliphatic rings. The van der Waals surface area contributed by atoms with Gasteiger partial charge in [-0.05, 0) is 18.2 Å². The molecule has 1 amide bonds. The zero-order chi connectivity index (χ0) is 13.8. The molecule has 2 heterocycles. The van der Waals surface area contributed by atoms with Crippen molar-refractivity contribution in [1.29, 1.82) is 0 Å². The lowest BCUT2D eigenvalue weighted by molar-refractivity contribution is 0.0701. The van der Waals surface area contributed by atoms with Crippen LogP contribution in [-0.2, 0) is 0 Å². The van der Waals surface area contributed by atoms with E-state index in [1.165, 1.54) is 18.8 Å². The summed E-state index contributed by atoms with van der Waals surface area (Å²) in [7, 11) is 1.52. The van der Waals surface area contributed by atoms with E-state index < -0.39 is 5.97 Å². The van der Waals surface area contributed by atoms with Gasteiger partial charge in [0.15, 0.2) is 5.69 Å². The van der Waals surface area contributed by atoms with E-state index >= 15 is 0 Å². The Kier molecular flexibility index (Phi) is 4.13. The topological polar surface area (TPSA) is 92.2 Å². The first-order valence-corrected chi connectivity index (χ1v) is 6.85. The van der Waals surface area contributed by atoms with Crippen molar-refractivity contribution in [3.63, 3.8) is 0 Å². The molecule has 2 N–H and O–H groups in total. The number of nitrogens with one attached hydrogen (secondary N) is 1. The maximum absolute atomic E-state index is 11.3. The van der Waals surface area contributed by atoms with E-state index in [-0.39, 0.29) is 16.5 Å². The average molecular weight is 295 g/mol. The van der Waals surface area contributed by atoms with Crippen LogP contribution in [0.5, 0.6) is 0 Å². The predicted molar refractivity (Wildman–Crippen MR) is 70.8 cm³/mol. The summed E-state index contributed by atoms with van der Waals surface area (Å²) >= 11 is 2.45. The van der Waals surface area contributed by atoms with Gasteiger partial charge >= 0.3 is 5.97 Å². The summed E-state index contributed by atoms with van der Waals surface area (Å²) in [5.74, 6) is -1.24. The minimum atomic E-state index is -0.946. The number of carbonyl (C=O) groups is 2. The molecule has 2 aromatic rings. The zero-order valence-electron chi connectivity index (χ0n) is 9.78. The fourth-order valence-electron chi connectivity index (χ4n) is 1.23. The Bertz CT molecular complexity index is 610. The number of hydrogen-bond donors (Lipinski definition) is 2. The summed E-state index contributed by atoms with van der Waals surface area (Å²) in [6.45, 7) is 0. The molecule has 8 heteroatoms. The van der Waals surface area contributed by atoms with Crippen molar-refractivity contribution in [2.75, 3.05) is 7.05 Å². The molecule has 0 saturated carbocycles. The van der Waals surface area contributed by atoms with Crippen molar-refractivity contribution >= 4 is 35.0 Å². The molecule has 0 aliphatic heterocycles. The maximum atomic E-state index is 11.3. The highest BCUT2D eigenvalue weighted by Gasteiger charge is 2.10. The third kappa shape index (κ3) is 3.30. The summed E-state index contributed by atoms with van der Waals surface area (Å²) in [6.07, 6.45) is 0. The van der Waals surface area contributed by atoms with Gasteiger partial charge in [0.05, 0.1) is 0 Å². The number of aromatic carboxylic acids is 1. The van der Waals surface area contributed by atoms with E-state index in [4.69, 9.17) is 5.11 Å². The first-order chi connectivity index (χ1) is 9.10. The fourth-order valence-corrected chi connectivity index (χ4v) is 2.88. The lowest BCUT2D eigenvalue weighted by atomic mass is 10.4. The quantitative estimate of drug-likeness (QED) is 0.892. The monoisotopic (exact) mass is 295 g/mol. The smallest absolute Gasteiger partial charge is 0.345 e. The van der Waals surface area contributed by atoms with Gasteiger partial charge in [0.25, 0.3) is 5.91 Å². The van der Waals surface area contributed by atoms with Crippen LogP contribution in [0.4, 0.5) is 0 Å². The van der Waals surface area contributed by atoms with Crippen molar-refractivity contribution in [3.05, 3.63) is 34.2 Å². The predicted octanol–water partition coefficient (Wildman–Crippen LogP) is 1.75. The largest absolute Gasteiger partial charge is 0.477 e. The lowest BCUT2D eigenvalue weighted by Crippen LogP contribution is -2.19. The highest BCUT2D eigenvalue weighted by atomic mass is 32.2. The minimum absolute atomic E-state index is 0.239. The van der Waals surface area contributed by atoms with Gasteiger partial charge in [-0.2, -0.15) is 0 Å². The molecule has 0 radical (unpaired) electrons. The molecule has 0 aliphatic carbocycles. The molecular formula is C11H9N3O3S2. The van der Waals surface area contributed by atoms with Crippen molar-refractivity contribution < 1.29 is 14.7 Å². The number of amides is 1. The van der Waals surface area contributed by atoms with Gasteiger partial charge in [-0.3, -0.25) is 4.79 Å². The maximum Gasteiger partial charge on any atom is 0.345 e. The van der Waals surface area contributed by atoms with E-state index in [2.05, 4.69) is 15.5 Å². The second-order valence-corrected chi connectivity index (χ2v) is 5.39. The molecule has 98 valence electrons. The van der Waals surface area contributed by atoms with Crippen LogP contribution in [0.25, 0.3) is 0 Å². The van der Waals surface area contributed by atoms with Gasteiger partial charge in [0.2, 0.25) is 0 Å². The van der Waals surface area contributed by atoms with Crippen LogP contribution < -0.4 is 5.32 Å². The van der Waals surface area contributed by atoms with E-state index in [1.807, 2.05) is 0 Å². The highest BCUT2D eigenvalue weighted by Crippen LogP contribution is 2.29. The molecule has 0 saturated heterocycles. The highest BCUT2D eigenvalue weighted by molar-refractivity contribution is 7.99. The molecule has 0 spiro atoms. The normalized spacial score (nSPS) is 10.2. The van der Waals surface area contributed by atoms with Gasteiger partial charge in [-0.25, -0.2) is 4.79 Å². The molecule has 6 nitrogen and oxygen atoms in total. The second-order valence-electron chi connectivity index (χ2n) is 3.39. The van der Waals surface area contributed by atoms with Crippen LogP contribution in [0.15, 0.2) is 33.5 Å². The number of hydrogen-bond acceptors (Lipinski definition) is 6. The molecule has 2 rings (SSSR count). The molecule has 0 unspecified atom stereocenters. The number of rotatable bonds is 4. The van der Waals surface area contributed by atoms with Gasteiger partial charge in [-0.15, -0.1) is 21.5 Å². The second kappa shape index (κ2) is 5.81. The molecular weight excluding hydrogens is 286 g/mol. The van der Waals surface area contributed by atoms with Crippen molar-refractivity contribution in [3.8, 4) is 0 Å². The van der Waals surface area contributed by atoms with Crippen LogP contribution in [-0.4, -0.2) is 34.2 Å². The van der Waals surface area contributed by atoms with Gasteiger partial charge in [-0.1, -0.05) is 11.8 Å². The summed E-state index contributed by atoms with van der Waals surface area (Å²) in [5.41, 5.74) is 0.239. The zero-order valence-corrected chi connectivity index (χ0v) is 11.4. The Morgan fingerprint density at radius 2 is 2.16 bits per heavy atom. The summed E-state index contributed by atoms with van der Waals surface area (Å²) in [4.78, 5) is 23.1. The summed E-state index contributed by atoms with van der Waals surface area (Å²) < 4.78 is 0. The van der Waals surface area contributed by atoms with E-state index in [9.17, 15) is 9.59 Å². The van der Waals surface area contributed by atoms with Crippen molar-refractivity contribution in [2.24, 2.45) is 0 Å². The van der Waals surface area contributed by atoms with Crippen LogP contribution in [0.2, 0.25) is 0 Å². The molecule has 19 heavy (non-hydrogen) atoms. The SMILES string of the molecule is CNC(=O)c1ccc(Sc2csc(C(=O)O)c2)nn1. The Morgan fingerprint density at radius 1 is 1.37 bits per heavy atom. The van der Waals surface area contributed by atoms with Crippen LogP contribution in [0, 0.1) is 0 Å². The first kappa shape index (κ1) is 13.5. The summed E-state index contributed by atoms with van der Waals surface area (Å²) in [6, 6.07) is 4.81.